The van der Waals surface area contributed by atoms with Crippen molar-refractivity contribution >= 4 is 11.4 Å². The van der Waals surface area contributed by atoms with Crippen molar-refractivity contribution in [2.75, 3.05) is 31.1 Å². The monoisotopic (exact) mass is 358 g/mol. The Labute approximate surface area is 152 Å². The molecule has 1 fully saturated rings. The van der Waals surface area contributed by atoms with Crippen molar-refractivity contribution in [3.63, 3.8) is 0 Å². The summed E-state index contributed by atoms with van der Waals surface area (Å²) in [4.78, 5) is 4.67. The number of piperidine rings is 1. The van der Waals surface area contributed by atoms with Crippen LogP contribution in [0.3, 0.4) is 0 Å². The molecule has 1 saturated heterocycles. The Bertz CT molecular complexity index is 765. The lowest BCUT2D eigenvalue weighted by atomic mass is 9.89. The number of hydrogen-bond acceptors (Lipinski definition) is 3. The molecule has 138 valence electrons. The van der Waals surface area contributed by atoms with Crippen LogP contribution in [-0.4, -0.2) is 42.3 Å². The molecule has 0 radical (unpaired) electrons. The third-order valence-corrected chi connectivity index (χ3v) is 5.63. The average Bonchev–Trinajstić information content (AvgIpc) is 2.96. The lowest BCUT2D eigenvalue weighted by Crippen LogP contribution is -2.45. The van der Waals surface area contributed by atoms with Crippen molar-refractivity contribution in [3.05, 3.63) is 59.7 Å². The fourth-order valence-electron chi connectivity index (χ4n) is 4.42. The fraction of sp³-hybridized carbons (Fsp3) is 0.429. The molecule has 0 aliphatic carbocycles. The van der Waals surface area contributed by atoms with E-state index in [4.69, 9.17) is 5.11 Å². The lowest BCUT2D eigenvalue weighted by molar-refractivity contribution is 0.186. The summed E-state index contributed by atoms with van der Waals surface area (Å²) in [6, 6.07) is 11.9. The summed E-state index contributed by atoms with van der Waals surface area (Å²) in [5, 5.41) is 8.99. The molecule has 4 rings (SSSR count). The van der Waals surface area contributed by atoms with Gasteiger partial charge < -0.3 is 14.9 Å². The van der Waals surface area contributed by atoms with Gasteiger partial charge in [-0.1, -0.05) is 0 Å². The summed E-state index contributed by atoms with van der Waals surface area (Å²) in [5.41, 5.74) is 3.04. The molecule has 0 spiro atoms. The van der Waals surface area contributed by atoms with Crippen LogP contribution in [0.4, 0.5) is 20.2 Å². The van der Waals surface area contributed by atoms with Crippen LogP contribution in [0.2, 0.25) is 0 Å². The number of unbranched alkanes of at least 4 members (excludes halogenated alkanes) is 1. The minimum atomic E-state index is -0.248. The number of likely N-dealkylation sites (tertiary alicyclic amines) is 1. The number of fused-ring (bicyclic) bond motifs is 3. The SMILES string of the molecule is OCCCCN1CC[C@@H]2C(C1)c1cc(F)ccc1N2c1ccc(F)cc1. The summed E-state index contributed by atoms with van der Waals surface area (Å²) in [6.45, 7) is 3.07. The molecule has 2 atom stereocenters. The van der Waals surface area contributed by atoms with Gasteiger partial charge >= 0.3 is 0 Å². The number of halogens is 2. The van der Waals surface area contributed by atoms with Crippen molar-refractivity contribution in [3.8, 4) is 0 Å². The first-order chi connectivity index (χ1) is 12.7. The van der Waals surface area contributed by atoms with Gasteiger partial charge in [0.25, 0.3) is 0 Å². The molecule has 26 heavy (non-hydrogen) atoms. The van der Waals surface area contributed by atoms with E-state index in [0.29, 0.717) is 0 Å². The van der Waals surface area contributed by atoms with Gasteiger partial charge in [0.15, 0.2) is 0 Å². The van der Waals surface area contributed by atoms with Gasteiger partial charge in [-0.3, -0.25) is 0 Å². The summed E-state index contributed by atoms with van der Waals surface area (Å²) >= 11 is 0. The largest absolute Gasteiger partial charge is 0.396 e. The van der Waals surface area contributed by atoms with Crippen LogP contribution in [0.1, 0.15) is 30.7 Å². The maximum atomic E-state index is 13.9. The first kappa shape index (κ1) is 17.4. The van der Waals surface area contributed by atoms with E-state index in [-0.39, 0.29) is 30.2 Å². The van der Waals surface area contributed by atoms with Gasteiger partial charge in [0.1, 0.15) is 11.6 Å². The van der Waals surface area contributed by atoms with E-state index in [2.05, 4.69) is 9.80 Å². The van der Waals surface area contributed by atoms with Gasteiger partial charge in [-0.25, -0.2) is 8.78 Å². The van der Waals surface area contributed by atoms with Crippen LogP contribution in [-0.2, 0) is 0 Å². The molecular formula is C21H24F2N2O. The van der Waals surface area contributed by atoms with Gasteiger partial charge in [-0.15, -0.1) is 0 Å². The minimum absolute atomic E-state index is 0.208. The highest BCUT2D eigenvalue weighted by atomic mass is 19.1. The van der Waals surface area contributed by atoms with Crippen molar-refractivity contribution in [1.82, 2.24) is 4.90 Å². The molecule has 3 nitrogen and oxygen atoms in total. The average molecular weight is 358 g/mol. The van der Waals surface area contributed by atoms with E-state index >= 15 is 0 Å². The maximum absolute atomic E-state index is 13.9. The van der Waals surface area contributed by atoms with Crippen LogP contribution >= 0.6 is 0 Å². The van der Waals surface area contributed by atoms with E-state index in [1.807, 2.05) is 6.07 Å². The molecule has 0 amide bonds. The molecule has 2 heterocycles. The third-order valence-electron chi connectivity index (χ3n) is 5.63. The predicted molar refractivity (Wildman–Crippen MR) is 98.8 cm³/mol. The van der Waals surface area contributed by atoms with Gasteiger partial charge in [-0.05, 0) is 73.8 Å². The number of hydrogen-bond donors (Lipinski definition) is 1. The lowest BCUT2D eigenvalue weighted by Gasteiger charge is -2.39. The smallest absolute Gasteiger partial charge is 0.123 e. The molecule has 2 aromatic carbocycles. The van der Waals surface area contributed by atoms with Gasteiger partial charge in [0.2, 0.25) is 0 Å². The van der Waals surface area contributed by atoms with E-state index < -0.39 is 0 Å². The molecule has 1 N–H and O–H groups in total. The first-order valence-electron chi connectivity index (χ1n) is 9.35. The fourth-order valence-corrected chi connectivity index (χ4v) is 4.42. The van der Waals surface area contributed by atoms with Crippen LogP contribution in [0.15, 0.2) is 42.5 Å². The van der Waals surface area contributed by atoms with Crippen LogP contribution in [0.5, 0.6) is 0 Å². The van der Waals surface area contributed by atoms with Crippen molar-refractivity contribution in [1.29, 1.82) is 0 Å². The number of anilines is 2. The van der Waals surface area contributed by atoms with Crippen molar-refractivity contribution < 1.29 is 13.9 Å². The Hall–Kier alpha value is -1.98. The Morgan fingerprint density at radius 2 is 1.77 bits per heavy atom. The third kappa shape index (κ3) is 3.21. The second-order valence-electron chi connectivity index (χ2n) is 7.24. The van der Waals surface area contributed by atoms with Gasteiger partial charge in [0.05, 0.1) is 0 Å². The van der Waals surface area contributed by atoms with E-state index in [1.165, 1.54) is 18.2 Å². The Morgan fingerprint density at radius 3 is 2.54 bits per heavy atom. The van der Waals surface area contributed by atoms with Crippen molar-refractivity contribution in [2.24, 2.45) is 0 Å². The molecular weight excluding hydrogens is 334 g/mol. The maximum Gasteiger partial charge on any atom is 0.123 e. The number of nitrogens with zero attached hydrogens (tertiary/aromatic N) is 2. The molecule has 5 heteroatoms. The van der Waals surface area contributed by atoms with Crippen LogP contribution < -0.4 is 4.90 Å². The minimum Gasteiger partial charge on any atom is -0.396 e. The van der Waals surface area contributed by atoms with Crippen molar-refractivity contribution in [2.45, 2.75) is 31.2 Å². The van der Waals surface area contributed by atoms with Gasteiger partial charge in [-0.2, -0.15) is 0 Å². The number of aliphatic hydroxyl groups excluding tert-OH is 1. The summed E-state index contributed by atoms with van der Waals surface area (Å²) in [7, 11) is 0. The Morgan fingerprint density at radius 1 is 1.00 bits per heavy atom. The molecule has 2 aliphatic rings. The molecule has 2 aliphatic heterocycles. The molecule has 1 unspecified atom stereocenters. The second kappa shape index (κ2) is 7.33. The van der Waals surface area contributed by atoms with E-state index in [9.17, 15) is 8.78 Å². The summed E-state index contributed by atoms with van der Waals surface area (Å²) < 4.78 is 27.3. The summed E-state index contributed by atoms with van der Waals surface area (Å²) in [5.74, 6) is -0.211. The number of aliphatic hydroxyl groups is 1. The first-order valence-corrected chi connectivity index (χ1v) is 9.35. The zero-order chi connectivity index (χ0) is 18.1. The highest BCUT2D eigenvalue weighted by molar-refractivity contribution is 5.73. The highest BCUT2D eigenvalue weighted by Gasteiger charge is 2.42. The topological polar surface area (TPSA) is 26.7 Å². The normalized spacial score (nSPS) is 22.3. The van der Waals surface area contributed by atoms with Crippen LogP contribution in [0, 0.1) is 11.6 Å². The zero-order valence-corrected chi connectivity index (χ0v) is 14.7. The second-order valence-corrected chi connectivity index (χ2v) is 7.24. The molecule has 0 bridgehead atoms. The standard InChI is InChI=1S/C21H24F2N2O/c22-15-3-6-17(7-4-15)25-20-8-5-16(23)13-18(20)19-14-24(10-1-2-12-26)11-9-21(19)25/h3-8,13,19,21,26H,1-2,9-12,14H2/t19?,21-/m1/s1. The van der Waals surface area contributed by atoms with Gasteiger partial charge in [0, 0.05) is 43.0 Å². The Balaban J connectivity index is 1.64. The molecule has 2 aromatic rings. The highest BCUT2D eigenvalue weighted by Crippen LogP contribution is 2.48. The summed E-state index contributed by atoms with van der Waals surface area (Å²) in [6.07, 6.45) is 2.78. The van der Waals surface area contributed by atoms with Crippen LogP contribution in [0.25, 0.3) is 0 Å². The number of benzene rings is 2. The number of rotatable bonds is 5. The van der Waals surface area contributed by atoms with E-state index in [1.54, 1.807) is 18.2 Å². The molecule has 0 saturated carbocycles. The predicted octanol–water partition coefficient (Wildman–Crippen LogP) is 4.05. The molecule has 0 aromatic heterocycles. The Kier molecular flexibility index (Phi) is 4.92. The van der Waals surface area contributed by atoms with E-state index in [0.717, 1.165) is 55.8 Å². The quantitative estimate of drug-likeness (QED) is 0.817. The zero-order valence-electron chi connectivity index (χ0n) is 14.7.